The van der Waals surface area contributed by atoms with Crippen molar-refractivity contribution in [2.24, 2.45) is 4.99 Å². The molecule has 1 rings (SSSR count). The topological polar surface area (TPSA) is 52.1 Å². The van der Waals surface area contributed by atoms with Gasteiger partial charge in [0.05, 0.1) is 6.04 Å². The Balaban J connectivity index is 0.00000676. The molecule has 156 valence electrons. The van der Waals surface area contributed by atoms with Crippen molar-refractivity contribution in [1.29, 1.82) is 0 Å². The Kier molecular flexibility index (Phi) is 14.6. The Labute approximate surface area is 182 Å². The highest BCUT2D eigenvalue weighted by molar-refractivity contribution is 14.0. The van der Waals surface area contributed by atoms with Gasteiger partial charge in [-0.1, -0.05) is 29.8 Å². The van der Waals surface area contributed by atoms with Gasteiger partial charge >= 0.3 is 0 Å². The molecule has 0 spiro atoms. The first kappa shape index (κ1) is 26.1. The number of guanidine groups is 1. The number of hydrogen-bond acceptors (Lipinski definition) is 4. The molecular weight excluding hydrogens is 453 g/mol. The van der Waals surface area contributed by atoms with Gasteiger partial charge in [0, 0.05) is 46.9 Å². The van der Waals surface area contributed by atoms with Crippen LogP contribution in [-0.2, 0) is 4.74 Å². The van der Waals surface area contributed by atoms with E-state index in [9.17, 15) is 0 Å². The molecule has 0 aliphatic carbocycles. The van der Waals surface area contributed by atoms with Gasteiger partial charge in [0.25, 0.3) is 0 Å². The van der Waals surface area contributed by atoms with Crippen LogP contribution >= 0.6 is 24.0 Å². The molecule has 0 bridgehead atoms. The highest BCUT2D eigenvalue weighted by Gasteiger charge is 2.14. The Morgan fingerprint density at radius 1 is 1.11 bits per heavy atom. The standard InChI is InChI=1S/C20H37N5O.HI/c1-17-8-10-18(11-9-17)19(24(3)4)16-23-20(21-2)22-12-14-25(5)13-7-15-26-6;/h8-11,19H,7,12-16H2,1-6H3,(H2,21,22,23);1H. The monoisotopic (exact) mass is 491 g/mol. The summed E-state index contributed by atoms with van der Waals surface area (Å²) in [6.45, 7) is 6.60. The van der Waals surface area contributed by atoms with Gasteiger partial charge in [-0.05, 0) is 40.1 Å². The molecule has 1 atom stereocenters. The zero-order valence-electron chi connectivity index (χ0n) is 17.8. The minimum atomic E-state index is 0. The summed E-state index contributed by atoms with van der Waals surface area (Å²) in [7, 11) is 9.91. The van der Waals surface area contributed by atoms with E-state index in [0.29, 0.717) is 6.04 Å². The molecule has 6 nitrogen and oxygen atoms in total. The quantitative estimate of drug-likeness (QED) is 0.216. The van der Waals surface area contributed by atoms with Gasteiger partial charge in [-0.25, -0.2) is 0 Å². The third-order valence-electron chi connectivity index (χ3n) is 4.45. The van der Waals surface area contributed by atoms with Crippen LogP contribution in [0.15, 0.2) is 29.3 Å². The Morgan fingerprint density at radius 2 is 1.78 bits per heavy atom. The first-order valence-corrected chi connectivity index (χ1v) is 9.33. The fourth-order valence-electron chi connectivity index (χ4n) is 2.76. The van der Waals surface area contributed by atoms with Crippen LogP contribution in [-0.4, -0.2) is 83.8 Å². The van der Waals surface area contributed by atoms with E-state index >= 15 is 0 Å². The van der Waals surface area contributed by atoms with Gasteiger partial charge in [0.1, 0.15) is 0 Å². The average Bonchev–Trinajstić information content (AvgIpc) is 2.61. The molecule has 0 saturated carbocycles. The molecule has 0 heterocycles. The molecule has 7 heteroatoms. The minimum Gasteiger partial charge on any atom is -0.385 e. The van der Waals surface area contributed by atoms with Gasteiger partial charge in [0.2, 0.25) is 0 Å². The van der Waals surface area contributed by atoms with Crippen LogP contribution in [0.5, 0.6) is 0 Å². The first-order valence-electron chi connectivity index (χ1n) is 9.33. The van der Waals surface area contributed by atoms with Crippen molar-refractivity contribution >= 4 is 29.9 Å². The zero-order chi connectivity index (χ0) is 19.4. The Hall–Kier alpha value is -0.900. The molecule has 0 aromatic heterocycles. The van der Waals surface area contributed by atoms with Gasteiger partial charge in [-0.2, -0.15) is 0 Å². The fourth-order valence-corrected chi connectivity index (χ4v) is 2.76. The number of aryl methyl sites for hydroxylation is 1. The first-order chi connectivity index (χ1) is 12.5. The van der Waals surface area contributed by atoms with Gasteiger partial charge in [-0.3, -0.25) is 4.99 Å². The van der Waals surface area contributed by atoms with Crippen LogP contribution in [0.4, 0.5) is 0 Å². The molecule has 27 heavy (non-hydrogen) atoms. The molecule has 0 aliphatic rings. The molecule has 1 aromatic carbocycles. The Bertz CT molecular complexity index is 522. The van der Waals surface area contributed by atoms with Crippen LogP contribution in [0, 0.1) is 6.92 Å². The number of nitrogens with zero attached hydrogens (tertiary/aromatic N) is 3. The highest BCUT2D eigenvalue weighted by atomic mass is 127. The number of halogens is 1. The van der Waals surface area contributed by atoms with Gasteiger partial charge in [-0.15, -0.1) is 24.0 Å². The van der Waals surface area contributed by atoms with Crippen LogP contribution in [0.3, 0.4) is 0 Å². The molecule has 1 unspecified atom stereocenters. The number of methoxy groups -OCH3 is 1. The SMILES string of the molecule is CN=C(NCCN(C)CCCOC)NCC(c1ccc(C)cc1)N(C)C.I. The second kappa shape index (κ2) is 15.1. The van der Waals surface area contributed by atoms with E-state index in [2.05, 4.69) is 77.8 Å². The summed E-state index contributed by atoms with van der Waals surface area (Å²) in [6.07, 6.45) is 1.06. The van der Waals surface area contributed by atoms with Gasteiger partial charge in [0.15, 0.2) is 5.96 Å². The van der Waals surface area contributed by atoms with E-state index in [0.717, 1.165) is 45.2 Å². The third-order valence-corrected chi connectivity index (χ3v) is 4.45. The summed E-state index contributed by atoms with van der Waals surface area (Å²) in [4.78, 5) is 8.87. The summed E-state index contributed by atoms with van der Waals surface area (Å²) in [5, 5.41) is 6.84. The van der Waals surface area contributed by atoms with Crippen LogP contribution in [0.1, 0.15) is 23.6 Å². The van der Waals surface area contributed by atoms with Crippen LogP contribution < -0.4 is 10.6 Å². The maximum absolute atomic E-state index is 5.09. The zero-order valence-corrected chi connectivity index (χ0v) is 20.1. The number of benzene rings is 1. The van der Waals surface area contributed by atoms with Crippen molar-refractivity contribution in [1.82, 2.24) is 20.4 Å². The van der Waals surface area contributed by atoms with Crippen molar-refractivity contribution in [2.45, 2.75) is 19.4 Å². The summed E-state index contributed by atoms with van der Waals surface area (Å²) in [6, 6.07) is 9.03. The van der Waals surface area contributed by atoms with Crippen molar-refractivity contribution in [2.75, 3.05) is 68.1 Å². The van der Waals surface area contributed by atoms with E-state index in [-0.39, 0.29) is 24.0 Å². The summed E-state index contributed by atoms with van der Waals surface area (Å²) in [5.41, 5.74) is 2.59. The molecule has 0 aliphatic heterocycles. The van der Waals surface area contributed by atoms with Crippen molar-refractivity contribution in [3.8, 4) is 0 Å². The lowest BCUT2D eigenvalue weighted by Crippen LogP contribution is -2.44. The summed E-state index contributed by atoms with van der Waals surface area (Å²) >= 11 is 0. The van der Waals surface area contributed by atoms with E-state index in [1.54, 1.807) is 7.11 Å². The molecule has 0 saturated heterocycles. The predicted molar refractivity (Wildman–Crippen MR) is 126 cm³/mol. The predicted octanol–water partition coefficient (Wildman–Crippen LogP) is 2.35. The second-order valence-electron chi connectivity index (χ2n) is 6.92. The van der Waals surface area contributed by atoms with E-state index in [4.69, 9.17) is 4.74 Å². The summed E-state index contributed by atoms with van der Waals surface area (Å²) in [5.74, 6) is 0.842. The molecule has 0 fully saturated rings. The van der Waals surface area contributed by atoms with Gasteiger partial charge < -0.3 is 25.2 Å². The second-order valence-corrected chi connectivity index (χ2v) is 6.92. The number of rotatable bonds is 11. The fraction of sp³-hybridized carbons (Fsp3) is 0.650. The lowest BCUT2D eigenvalue weighted by molar-refractivity contribution is 0.180. The molecular formula is C20H38IN5O. The number of ether oxygens (including phenoxy) is 1. The molecule has 2 N–H and O–H groups in total. The van der Waals surface area contributed by atoms with E-state index < -0.39 is 0 Å². The lowest BCUT2D eigenvalue weighted by Gasteiger charge is -2.26. The van der Waals surface area contributed by atoms with E-state index in [1.807, 2.05) is 7.05 Å². The number of hydrogen-bond donors (Lipinski definition) is 2. The van der Waals surface area contributed by atoms with Crippen molar-refractivity contribution in [3.05, 3.63) is 35.4 Å². The molecule has 0 amide bonds. The third kappa shape index (κ3) is 10.9. The lowest BCUT2D eigenvalue weighted by atomic mass is 10.0. The molecule has 0 radical (unpaired) electrons. The average molecular weight is 491 g/mol. The maximum Gasteiger partial charge on any atom is 0.191 e. The largest absolute Gasteiger partial charge is 0.385 e. The Morgan fingerprint density at radius 3 is 2.33 bits per heavy atom. The summed E-state index contributed by atoms with van der Waals surface area (Å²) < 4.78 is 5.09. The van der Waals surface area contributed by atoms with E-state index in [1.165, 1.54) is 11.1 Å². The highest BCUT2D eigenvalue weighted by Crippen LogP contribution is 2.17. The maximum atomic E-state index is 5.09. The van der Waals surface area contributed by atoms with Crippen molar-refractivity contribution < 1.29 is 4.74 Å². The minimum absolute atomic E-state index is 0. The van der Waals surface area contributed by atoms with Crippen LogP contribution in [0.25, 0.3) is 0 Å². The molecule has 1 aromatic rings. The normalized spacial score (nSPS) is 12.8. The van der Waals surface area contributed by atoms with Crippen molar-refractivity contribution in [3.63, 3.8) is 0 Å². The smallest absolute Gasteiger partial charge is 0.191 e. The number of likely N-dealkylation sites (N-methyl/N-ethyl adjacent to an activating group) is 2. The van der Waals surface area contributed by atoms with Crippen LogP contribution in [0.2, 0.25) is 0 Å². The number of aliphatic imine (C=N–C) groups is 1. The number of nitrogens with one attached hydrogen (secondary N) is 2.